The number of hydrogen-bond acceptors (Lipinski definition) is 6. The lowest BCUT2D eigenvalue weighted by Crippen LogP contribution is -2.43. The summed E-state index contributed by atoms with van der Waals surface area (Å²) in [6, 6.07) is 6.51. The molecule has 3 amide bonds. The summed E-state index contributed by atoms with van der Waals surface area (Å²) in [4.78, 5) is 39.0. The molecule has 0 bridgehead atoms. The Balaban J connectivity index is 1.49. The number of nitrogens with zero attached hydrogens (tertiary/aromatic N) is 4. The van der Waals surface area contributed by atoms with Gasteiger partial charge in [0.05, 0.1) is 10.7 Å². The third-order valence-corrected chi connectivity index (χ3v) is 5.48. The number of carbonyl (C=O) groups is 3. The number of rotatable bonds is 4. The smallest absolute Gasteiger partial charge is 0.263 e. The van der Waals surface area contributed by atoms with Crippen molar-refractivity contribution < 1.29 is 18.8 Å². The maximum absolute atomic E-state index is 13.3. The first-order valence-corrected chi connectivity index (χ1v) is 9.58. The van der Waals surface area contributed by atoms with Crippen molar-refractivity contribution in [2.24, 2.45) is 10.3 Å². The van der Waals surface area contributed by atoms with Crippen molar-refractivity contribution in [2.75, 3.05) is 16.8 Å². The number of hydrogen-bond donors (Lipinski definition) is 1. The van der Waals surface area contributed by atoms with E-state index in [0.29, 0.717) is 10.7 Å². The normalized spacial score (nSPS) is 20.1. The molecule has 154 valence electrons. The van der Waals surface area contributed by atoms with Gasteiger partial charge in [0.2, 0.25) is 5.91 Å². The molecule has 2 aliphatic rings. The van der Waals surface area contributed by atoms with E-state index < -0.39 is 35.6 Å². The van der Waals surface area contributed by atoms with Crippen molar-refractivity contribution in [1.29, 1.82) is 0 Å². The quantitative estimate of drug-likeness (QED) is 0.723. The molecule has 1 fully saturated rings. The van der Waals surface area contributed by atoms with Crippen LogP contribution in [0.15, 0.2) is 46.7 Å². The zero-order chi connectivity index (χ0) is 21.6. The molecule has 1 saturated heterocycles. The van der Waals surface area contributed by atoms with Gasteiger partial charge in [-0.25, -0.2) is 9.29 Å². The molecule has 30 heavy (non-hydrogen) atoms. The van der Waals surface area contributed by atoms with Crippen LogP contribution in [0.5, 0.6) is 0 Å². The summed E-state index contributed by atoms with van der Waals surface area (Å²) in [5.41, 5.74) is 1.41. The first kappa shape index (κ1) is 20.2. The lowest BCUT2D eigenvalue weighted by atomic mass is 10.1. The molecule has 4 rings (SSSR count). The summed E-state index contributed by atoms with van der Waals surface area (Å²) in [5.74, 6) is -2.24. The molecule has 0 radical (unpaired) electrons. The number of aryl methyl sites for hydroxylation is 1. The van der Waals surface area contributed by atoms with E-state index in [-0.39, 0.29) is 17.3 Å². The van der Waals surface area contributed by atoms with Gasteiger partial charge in [-0.1, -0.05) is 34.5 Å². The second-order valence-corrected chi connectivity index (χ2v) is 7.63. The van der Waals surface area contributed by atoms with Gasteiger partial charge < -0.3 is 5.32 Å². The number of anilines is 2. The van der Waals surface area contributed by atoms with Gasteiger partial charge in [-0.2, -0.15) is 5.11 Å². The molecule has 0 unspecified atom stereocenters. The van der Waals surface area contributed by atoms with Crippen LogP contribution in [0.25, 0.3) is 0 Å². The summed E-state index contributed by atoms with van der Waals surface area (Å²) in [5, 5.41) is 11.6. The molecule has 1 N–H and O–H groups in total. The lowest BCUT2D eigenvalue weighted by Gasteiger charge is -2.20. The number of fused-ring (bicyclic) bond motifs is 1. The van der Waals surface area contributed by atoms with E-state index in [1.54, 1.807) is 19.1 Å². The molecule has 0 aromatic heterocycles. The van der Waals surface area contributed by atoms with E-state index in [2.05, 4.69) is 15.7 Å². The van der Waals surface area contributed by atoms with Crippen LogP contribution in [-0.2, 0) is 14.4 Å². The number of amides is 3. The average Bonchev–Trinajstić information content (AvgIpc) is 3.21. The van der Waals surface area contributed by atoms with Crippen molar-refractivity contribution in [2.45, 2.75) is 19.0 Å². The standard InChI is InChI=1S/C19H14Cl2FN5O3/c1-9-2-4-11(7-12(9)20)27-18(29)16-17(19(27)30)26(25-24-16)8-15(28)23-10-3-5-14(22)13(21)6-10/h2-7,16-17H,8H2,1H3,(H,23,28)/t16-,17-/m0/s1. The SMILES string of the molecule is Cc1ccc(N2C(=O)[C@H]3N=NN(CC(=O)Nc4ccc(F)c(Cl)c4)[C@@H]3C2=O)cc1Cl. The summed E-state index contributed by atoms with van der Waals surface area (Å²) < 4.78 is 13.3. The molecule has 0 saturated carbocycles. The minimum absolute atomic E-state index is 0.141. The highest BCUT2D eigenvalue weighted by Gasteiger charge is 2.55. The molecular formula is C19H14Cl2FN5O3. The van der Waals surface area contributed by atoms with Crippen molar-refractivity contribution >= 4 is 52.3 Å². The predicted octanol–water partition coefficient (Wildman–Crippen LogP) is 3.37. The van der Waals surface area contributed by atoms with Crippen molar-refractivity contribution in [3.05, 3.63) is 57.8 Å². The van der Waals surface area contributed by atoms with E-state index in [4.69, 9.17) is 23.2 Å². The lowest BCUT2D eigenvalue weighted by molar-refractivity contribution is -0.123. The molecule has 2 atom stereocenters. The number of imide groups is 1. The van der Waals surface area contributed by atoms with Crippen LogP contribution in [0.1, 0.15) is 5.56 Å². The molecule has 2 heterocycles. The van der Waals surface area contributed by atoms with Gasteiger partial charge in [0.25, 0.3) is 11.8 Å². The minimum atomic E-state index is -1.04. The van der Waals surface area contributed by atoms with Crippen LogP contribution in [0, 0.1) is 12.7 Å². The van der Waals surface area contributed by atoms with Crippen LogP contribution in [0.3, 0.4) is 0 Å². The molecule has 11 heteroatoms. The Morgan fingerprint density at radius 1 is 1.13 bits per heavy atom. The molecular weight excluding hydrogens is 436 g/mol. The Kier molecular flexibility index (Phi) is 5.17. The third kappa shape index (κ3) is 3.50. The number of halogens is 3. The van der Waals surface area contributed by atoms with Crippen molar-refractivity contribution in [3.8, 4) is 0 Å². The summed E-state index contributed by atoms with van der Waals surface area (Å²) in [7, 11) is 0. The molecule has 8 nitrogen and oxygen atoms in total. The molecule has 2 aliphatic heterocycles. The Morgan fingerprint density at radius 3 is 2.60 bits per heavy atom. The Labute approximate surface area is 180 Å². The van der Waals surface area contributed by atoms with Gasteiger partial charge in [0.1, 0.15) is 12.4 Å². The van der Waals surface area contributed by atoms with Crippen LogP contribution >= 0.6 is 23.2 Å². The zero-order valence-corrected chi connectivity index (χ0v) is 17.0. The van der Waals surface area contributed by atoms with Crippen LogP contribution in [0.2, 0.25) is 10.0 Å². The Morgan fingerprint density at radius 2 is 1.90 bits per heavy atom. The summed E-state index contributed by atoms with van der Waals surface area (Å²) >= 11 is 11.8. The van der Waals surface area contributed by atoms with Crippen LogP contribution < -0.4 is 10.2 Å². The van der Waals surface area contributed by atoms with Gasteiger partial charge >= 0.3 is 0 Å². The molecule has 0 spiro atoms. The molecule has 2 aromatic rings. The minimum Gasteiger partial charge on any atom is -0.324 e. The van der Waals surface area contributed by atoms with Crippen molar-refractivity contribution in [3.63, 3.8) is 0 Å². The topological polar surface area (TPSA) is 94.4 Å². The van der Waals surface area contributed by atoms with E-state index in [0.717, 1.165) is 21.5 Å². The largest absolute Gasteiger partial charge is 0.324 e. The van der Waals surface area contributed by atoms with E-state index in [1.165, 1.54) is 18.2 Å². The van der Waals surface area contributed by atoms with E-state index in [1.807, 2.05) is 0 Å². The highest BCUT2D eigenvalue weighted by atomic mass is 35.5. The van der Waals surface area contributed by atoms with Crippen LogP contribution in [-0.4, -0.2) is 41.4 Å². The van der Waals surface area contributed by atoms with Gasteiger partial charge in [-0.05, 0) is 42.8 Å². The number of carbonyl (C=O) groups excluding carboxylic acids is 3. The fourth-order valence-corrected chi connectivity index (χ4v) is 3.61. The Bertz CT molecular complexity index is 1110. The van der Waals surface area contributed by atoms with Crippen molar-refractivity contribution in [1.82, 2.24) is 5.01 Å². The van der Waals surface area contributed by atoms with Gasteiger partial charge in [-0.3, -0.25) is 19.4 Å². The third-order valence-electron chi connectivity index (χ3n) is 4.78. The predicted molar refractivity (Wildman–Crippen MR) is 108 cm³/mol. The fourth-order valence-electron chi connectivity index (χ4n) is 3.25. The van der Waals surface area contributed by atoms with Gasteiger partial charge in [0, 0.05) is 10.7 Å². The second-order valence-electron chi connectivity index (χ2n) is 6.81. The number of nitrogens with one attached hydrogen (secondary N) is 1. The second kappa shape index (κ2) is 7.66. The summed E-state index contributed by atoms with van der Waals surface area (Å²) in [6.07, 6.45) is 0. The first-order chi connectivity index (χ1) is 14.3. The van der Waals surface area contributed by atoms with E-state index >= 15 is 0 Å². The zero-order valence-electron chi connectivity index (χ0n) is 15.5. The van der Waals surface area contributed by atoms with Crippen LogP contribution in [0.4, 0.5) is 15.8 Å². The monoisotopic (exact) mass is 449 g/mol. The van der Waals surface area contributed by atoms with Gasteiger partial charge in [0.15, 0.2) is 12.1 Å². The fraction of sp³-hybridized carbons (Fsp3) is 0.211. The molecule has 2 aromatic carbocycles. The van der Waals surface area contributed by atoms with Gasteiger partial charge in [-0.15, -0.1) is 0 Å². The summed E-state index contributed by atoms with van der Waals surface area (Å²) in [6.45, 7) is 1.47. The maximum atomic E-state index is 13.3. The Hall–Kier alpha value is -3.04. The highest BCUT2D eigenvalue weighted by molar-refractivity contribution is 6.32. The molecule has 0 aliphatic carbocycles. The first-order valence-electron chi connectivity index (χ1n) is 8.82. The number of benzene rings is 2. The highest BCUT2D eigenvalue weighted by Crippen LogP contribution is 2.33. The van der Waals surface area contributed by atoms with E-state index in [9.17, 15) is 18.8 Å². The maximum Gasteiger partial charge on any atom is 0.263 e. The average molecular weight is 450 g/mol.